The third-order valence-electron chi connectivity index (χ3n) is 2.04. The topological polar surface area (TPSA) is 72.5 Å². The summed E-state index contributed by atoms with van der Waals surface area (Å²) >= 11 is 0. The molecule has 0 fully saturated rings. The van der Waals surface area contributed by atoms with Crippen LogP contribution in [0.1, 0.15) is 19.4 Å². The fourth-order valence-corrected chi connectivity index (χ4v) is 1.04. The summed E-state index contributed by atoms with van der Waals surface area (Å²) in [5, 5.41) is 9.33. The van der Waals surface area contributed by atoms with Gasteiger partial charge in [0.05, 0.1) is 11.3 Å². The Labute approximate surface area is 101 Å². The molecule has 0 bridgehead atoms. The summed E-state index contributed by atoms with van der Waals surface area (Å²) in [6.07, 6.45) is -4.52. The fourth-order valence-electron chi connectivity index (χ4n) is 1.04. The van der Waals surface area contributed by atoms with Gasteiger partial charge in [-0.2, -0.15) is 13.2 Å². The number of benzene rings is 1. The van der Waals surface area contributed by atoms with Crippen molar-refractivity contribution in [2.24, 2.45) is 0 Å². The van der Waals surface area contributed by atoms with Crippen molar-refractivity contribution in [3.05, 3.63) is 23.8 Å². The van der Waals surface area contributed by atoms with Gasteiger partial charge in [-0.05, 0) is 32.0 Å². The van der Waals surface area contributed by atoms with E-state index in [4.69, 9.17) is 10.5 Å². The predicted octanol–water partition coefficient (Wildman–Crippen LogP) is 1.96. The molecule has 1 aromatic carbocycles. The zero-order chi connectivity index (χ0) is 14.1. The number of nitrogens with two attached hydrogens (primary N) is 1. The summed E-state index contributed by atoms with van der Waals surface area (Å²) in [5.74, 6) is -1.23. The normalized spacial score (nSPS) is 12.3. The van der Waals surface area contributed by atoms with Crippen molar-refractivity contribution in [1.29, 1.82) is 0 Å². The van der Waals surface area contributed by atoms with Crippen LogP contribution in [0.3, 0.4) is 0 Å². The second-order valence-corrected chi connectivity index (χ2v) is 4.20. The zero-order valence-corrected chi connectivity index (χ0v) is 9.71. The molecule has 0 saturated carbocycles. The molecule has 0 aliphatic rings. The van der Waals surface area contributed by atoms with Crippen LogP contribution >= 0.6 is 0 Å². The van der Waals surface area contributed by atoms with Crippen LogP contribution in [0, 0.1) is 0 Å². The first kappa shape index (κ1) is 14.3. The predicted molar refractivity (Wildman–Crippen MR) is 57.8 cm³/mol. The Bertz CT molecular complexity index is 464. The van der Waals surface area contributed by atoms with Crippen LogP contribution in [0.25, 0.3) is 0 Å². The number of carbonyl (C=O) groups excluding carboxylic acids is 1. The van der Waals surface area contributed by atoms with Crippen molar-refractivity contribution in [2.45, 2.75) is 25.6 Å². The van der Waals surface area contributed by atoms with Gasteiger partial charge >= 0.3 is 12.1 Å². The van der Waals surface area contributed by atoms with Gasteiger partial charge in [-0.25, -0.2) is 4.79 Å². The van der Waals surface area contributed by atoms with E-state index in [2.05, 4.69) is 0 Å². The second kappa shape index (κ2) is 4.49. The van der Waals surface area contributed by atoms with Gasteiger partial charge < -0.3 is 15.6 Å². The summed E-state index contributed by atoms with van der Waals surface area (Å²) in [5.41, 5.74) is 2.32. The molecule has 0 aliphatic heterocycles. The fraction of sp³-hybridized carbons (Fsp3) is 0.364. The Morgan fingerprint density at radius 1 is 1.33 bits per heavy atom. The Morgan fingerprint density at radius 3 is 2.28 bits per heavy atom. The average Bonchev–Trinajstić information content (AvgIpc) is 2.17. The molecule has 0 aromatic heterocycles. The number of aliphatic hydroxyl groups is 1. The maximum atomic E-state index is 12.3. The number of hydrogen-bond acceptors (Lipinski definition) is 4. The Morgan fingerprint density at radius 2 is 1.89 bits per heavy atom. The van der Waals surface area contributed by atoms with Gasteiger partial charge in [-0.3, -0.25) is 0 Å². The summed E-state index contributed by atoms with van der Waals surface area (Å²) in [4.78, 5) is 11.3. The highest BCUT2D eigenvalue weighted by Crippen LogP contribution is 2.33. The number of rotatable bonds is 2. The molecule has 0 spiro atoms. The standard InChI is InChI=1S/C11H12F3NO3/c1-10(2,17)9(16)18-8-4-3-6(5-7(8)15)11(12,13)14/h3-5,17H,15H2,1-2H3. The van der Waals surface area contributed by atoms with Crippen molar-refractivity contribution in [1.82, 2.24) is 0 Å². The zero-order valence-electron chi connectivity index (χ0n) is 9.71. The maximum absolute atomic E-state index is 12.3. The van der Waals surface area contributed by atoms with Crippen LogP contribution in [-0.2, 0) is 11.0 Å². The van der Waals surface area contributed by atoms with Crippen LogP contribution in [0.2, 0.25) is 0 Å². The highest BCUT2D eigenvalue weighted by Gasteiger charge is 2.32. The van der Waals surface area contributed by atoms with Crippen molar-refractivity contribution >= 4 is 11.7 Å². The van der Waals surface area contributed by atoms with E-state index in [0.717, 1.165) is 12.1 Å². The number of halogens is 3. The van der Waals surface area contributed by atoms with Gasteiger partial charge in [0.15, 0.2) is 11.4 Å². The molecular weight excluding hydrogens is 251 g/mol. The maximum Gasteiger partial charge on any atom is 0.416 e. The van der Waals surface area contributed by atoms with Crippen LogP contribution in [0.5, 0.6) is 5.75 Å². The molecule has 0 amide bonds. The van der Waals surface area contributed by atoms with E-state index < -0.39 is 23.3 Å². The third kappa shape index (κ3) is 3.36. The van der Waals surface area contributed by atoms with Crippen molar-refractivity contribution < 1.29 is 27.8 Å². The number of anilines is 1. The molecule has 0 saturated heterocycles. The van der Waals surface area contributed by atoms with Gasteiger partial charge in [-0.1, -0.05) is 0 Å². The van der Waals surface area contributed by atoms with Crippen LogP contribution in [-0.4, -0.2) is 16.7 Å². The lowest BCUT2D eigenvalue weighted by atomic mass is 10.1. The Kier molecular flexibility index (Phi) is 3.57. The lowest BCUT2D eigenvalue weighted by molar-refractivity contribution is -0.151. The van der Waals surface area contributed by atoms with Gasteiger partial charge in [0.2, 0.25) is 0 Å². The smallest absolute Gasteiger partial charge is 0.416 e. The first-order chi connectivity index (χ1) is 8.01. The minimum absolute atomic E-state index is 0.227. The van der Waals surface area contributed by atoms with E-state index in [1.807, 2.05) is 0 Å². The molecular formula is C11H12F3NO3. The van der Waals surface area contributed by atoms with Gasteiger partial charge in [0.1, 0.15) is 0 Å². The minimum atomic E-state index is -4.52. The number of esters is 1. The van der Waals surface area contributed by atoms with Gasteiger partial charge in [-0.15, -0.1) is 0 Å². The molecule has 18 heavy (non-hydrogen) atoms. The van der Waals surface area contributed by atoms with E-state index in [1.54, 1.807) is 0 Å². The number of nitrogen functional groups attached to an aromatic ring is 1. The first-order valence-corrected chi connectivity index (χ1v) is 4.93. The average molecular weight is 263 g/mol. The molecule has 1 rings (SSSR count). The molecule has 0 unspecified atom stereocenters. The quantitative estimate of drug-likeness (QED) is 0.486. The number of hydrogen-bond donors (Lipinski definition) is 2. The lowest BCUT2D eigenvalue weighted by Gasteiger charge is -2.16. The summed E-state index contributed by atoms with van der Waals surface area (Å²) in [7, 11) is 0. The number of carbonyl (C=O) groups is 1. The van der Waals surface area contributed by atoms with Crippen LogP contribution in [0.4, 0.5) is 18.9 Å². The molecule has 0 atom stereocenters. The molecule has 0 aliphatic carbocycles. The van der Waals surface area contributed by atoms with E-state index in [-0.39, 0.29) is 11.4 Å². The minimum Gasteiger partial charge on any atom is -0.422 e. The number of alkyl halides is 3. The van der Waals surface area contributed by atoms with Crippen molar-refractivity contribution in [2.75, 3.05) is 5.73 Å². The van der Waals surface area contributed by atoms with E-state index in [1.165, 1.54) is 13.8 Å². The molecule has 100 valence electrons. The molecule has 0 radical (unpaired) electrons. The monoisotopic (exact) mass is 263 g/mol. The summed E-state index contributed by atoms with van der Waals surface area (Å²) < 4.78 is 41.7. The molecule has 0 heterocycles. The molecule has 7 heteroatoms. The van der Waals surface area contributed by atoms with Crippen molar-refractivity contribution in [3.63, 3.8) is 0 Å². The summed E-state index contributed by atoms with van der Waals surface area (Å²) in [6.45, 7) is 2.38. The second-order valence-electron chi connectivity index (χ2n) is 4.20. The SMILES string of the molecule is CC(C)(O)C(=O)Oc1ccc(C(F)(F)F)cc1N. The van der Waals surface area contributed by atoms with E-state index in [9.17, 15) is 23.1 Å². The largest absolute Gasteiger partial charge is 0.422 e. The molecule has 3 N–H and O–H groups in total. The van der Waals surface area contributed by atoms with E-state index >= 15 is 0 Å². The van der Waals surface area contributed by atoms with Crippen molar-refractivity contribution in [3.8, 4) is 5.75 Å². The first-order valence-electron chi connectivity index (χ1n) is 4.93. The van der Waals surface area contributed by atoms with Crippen LogP contribution in [0.15, 0.2) is 18.2 Å². The highest BCUT2D eigenvalue weighted by molar-refractivity contribution is 5.81. The van der Waals surface area contributed by atoms with Crippen LogP contribution < -0.4 is 10.5 Å². The Hall–Kier alpha value is -1.76. The van der Waals surface area contributed by atoms with Gasteiger partial charge in [0.25, 0.3) is 0 Å². The lowest BCUT2D eigenvalue weighted by Crippen LogP contribution is -2.35. The highest BCUT2D eigenvalue weighted by atomic mass is 19.4. The summed E-state index contributed by atoms with van der Waals surface area (Å²) in [6, 6.07) is 2.33. The molecule has 4 nitrogen and oxygen atoms in total. The van der Waals surface area contributed by atoms with Gasteiger partial charge in [0, 0.05) is 0 Å². The Balaban J connectivity index is 2.98. The van der Waals surface area contributed by atoms with E-state index in [0.29, 0.717) is 6.07 Å². The number of ether oxygens (including phenoxy) is 1. The third-order valence-corrected chi connectivity index (χ3v) is 2.04. The molecule has 1 aromatic rings.